The quantitative estimate of drug-likeness (QED) is 0.521. The summed E-state index contributed by atoms with van der Waals surface area (Å²) in [5.74, 6) is 2.67. The van der Waals surface area contributed by atoms with Crippen molar-refractivity contribution in [3.05, 3.63) is 46.5 Å². The van der Waals surface area contributed by atoms with E-state index in [0.29, 0.717) is 6.61 Å². The van der Waals surface area contributed by atoms with Gasteiger partial charge in [0.05, 0.1) is 13.1 Å². The Hall–Kier alpha value is -2.12. The van der Waals surface area contributed by atoms with Crippen molar-refractivity contribution in [2.75, 3.05) is 20.2 Å². The second-order valence-corrected chi connectivity index (χ2v) is 8.71. The molecule has 0 spiro atoms. The molecule has 1 atom stereocenters. The van der Waals surface area contributed by atoms with E-state index in [1.165, 1.54) is 24.8 Å². The zero-order valence-electron chi connectivity index (χ0n) is 17.8. The minimum absolute atomic E-state index is 0.133. The van der Waals surface area contributed by atoms with Crippen LogP contribution in [-0.4, -0.2) is 47.0 Å². The molecule has 1 aliphatic heterocycles. The van der Waals surface area contributed by atoms with E-state index in [1.807, 2.05) is 16.8 Å². The third kappa shape index (κ3) is 4.62. The lowest BCUT2D eigenvalue weighted by Gasteiger charge is -2.41. The van der Waals surface area contributed by atoms with Crippen LogP contribution in [0.3, 0.4) is 0 Å². The number of guanidine groups is 1. The highest BCUT2D eigenvalue weighted by molar-refractivity contribution is 6.30. The van der Waals surface area contributed by atoms with Crippen LogP contribution >= 0.6 is 11.6 Å². The summed E-state index contributed by atoms with van der Waals surface area (Å²) in [6, 6.07) is 8.56. The first-order valence-electron chi connectivity index (χ1n) is 10.8. The van der Waals surface area contributed by atoms with Crippen LogP contribution in [0.2, 0.25) is 5.02 Å². The molecule has 162 valence electrons. The number of rotatable bonds is 7. The molecule has 0 amide bonds. The van der Waals surface area contributed by atoms with Gasteiger partial charge in [0.2, 0.25) is 0 Å². The van der Waals surface area contributed by atoms with Crippen LogP contribution in [0.15, 0.2) is 29.3 Å². The monoisotopic (exact) mass is 430 g/mol. The average Bonchev–Trinajstić information content (AvgIpc) is 3.10. The molecule has 0 saturated heterocycles. The number of hydrogen-bond donors (Lipinski definition) is 2. The summed E-state index contributed by atoms with van der Waals surface area (Å²) in [6.07, 6.45) is 5.51. The summed E-state index contributed by atoms with van der Waals surface area (Å²) >= 11 is 6.09. The number of nitrogens with one attached hydrogen (secondary N) is 2. The van der Waals surface area contributed by atoms with E-state index in [-0.39, 0.29) is 11.5 Å². The average molecular weight is 431 g/mol. The fourth-order valence-corrected chi connectivity index (χ4v) is 4.48. The van der Waals surface area contributed by atoms with Crippen LogP contribution in [-0.2, 0) is 29.7 Å². The van der Waals surface area contributed by atoms with E-state index in [9.17, 15) is 0 Å². The van der Waals surface area contributed by atoms with E-state index in [0.717, 1.165) is 55.1 Å². The molecule has 7 nitrogen and oxygen atoms in total. The number of ether oxygens (including phenoxy) is 1. The first kappa shape index (κ1) is 21.1. The third-order valence-electron chi connectivity index (χ3n) is 6.17. The molecule has 30 heavy (non-hydrogen) atoms. The Labute approximate surface area is 183 Å². The van der Waals surface area contributed by atoms with Gasteiger partial charge in [-0.05, 0) is 43.9 Å². The highest BCUT2D eigenvalue weighted by atomic mass is 35.5. The maximum absolute atomic E-state index is 6.09. The molecular formula is C22H31ClN6O. The molecule has 1 aliphatic carbocycles. The molecular weight excluding hydrogens is 400 g/mol. The van der Waals surface area contributed by atoms with E-state index < -0.39 is 0 Å². The van der Waals surface area contributed by atoms with Crippen molar-refractivity contribution in [3.8, 4) is 0 Å². The van der Waals surface area contributed by atoms with Crippen LogP contribution in [0.4, 0.5) is 0 Å². The van der Waals surface area contributed by atoms with E-state index in [4.69, 9.17) is 21.3 Å². The normalized spacial score (nSPS) is 20.4. The first-order chi connectivity index (χ1) is 14.6. The second kappa shape index (κ2) is 9.35. The summed E-state index contributed by atoms with van der Waals surface area (Å²) < 4.78 is 7.16. The smallest absolute Gasteiger partial charge is 0.191 e. The number of benzene rings is 1. The van der Waals surface area contributed by atoms with Gasteiger partial charge in [0.25, 0.3) is 0 Å². The molecule has 2 heterocycles. The maximum atomic E-state index is 6.09. The van der Waals surface area contributed by atoms with Gasteiger partial charge in [0.1, 0.15) is 12.4 Å². The van der Waals surface area contributed by atoms with Crippen LogP contribution in [0, 0.1) is 0 Å². The molecule has 1 unspecified atom stereocenters. The summed E-state index contributed by atoms with van der Waals surface area (Å²) in [5.41, 5.74) is 1.47. The number of hydrogen-bond acceptors (Lipinski definition) is 4. The van der Waals surface area contributed by atoms with E-state index in [2.05, 4.69) is 39.8 Å². The number of nitrogens with zero attached hydrogens (tertiary/aromatic N) is 4. The van der Waals surface area contributed by atoms with Crippen molar-refractivity contribution >= 4 is 17.6 Å². The molecule has 1 saturated carbocycles. The van der Waals surface area contributed by atoms with E-state index >= 15 is 0 Å². The summed E-state index contributed by atoms with van der Waals surface area (Å²) in [7, 11) is 1.67. The van der Waals surface area contributed by atoms with Gasteiger partial charge >= 0.3 is 0 Å². The standard InChI is InChI=1S/C22H31ClN6O/c1-3-24-21(25-15-22(11-4-12-22)16-5-7-17(23)8-6-16)26-18-9-10-20-27-19(14-30-2)28-29(20)13-18/h5-8,18H,3-4,9-15H2,1-2H3,(H2,24,25,26). The van der Waals surface area contributed by atoms with Gasteiger partial charge in [-0.25, -0.2) is 9.67 Å². The van der Waals surface area contributed by atoms with Crippen LogP contribution in [0.1, 0.15) is 49.8 Å². The lowest BCUT2D eigenvalue weighted by Crippen LogP contribution is -2.48. The molecule has 1 fully saturated rings. The van der Waals surface area contributed by atoms with Crippen LogP contribution in [0.5, 0.6) is 0 Å². The number of aliphatic imine (C=N–C) groups is 1. The lowest BCUT2D eigenvalue weighted by atomic mass is 9.64. The summed E-state index contributed by atoms with van der Waals surface area (Å²) in [5, 5.41) is 12.4. The topological polar surface area (TPSA) is 76.4 Å². The van der Waals surface area contributed by atoms with Crippen molar-refractivity contribution < 1.29 is 4.74 Å². The Morgan fingerprint density at radius 3 is 2.80 bits per heavy atom. The van der Waals surface area contributed by atoms with Crippen molar-refractivity contribution in [1.29, 1.82) is 0 Å². The Bertz CT molecular complexity index is 874. The first-order valence-corrected chi connectivity index (χ1v) is 11.2. The minimum Gasteiger partial charge on any atom is -0.377 e. The van der Waals surface area contributed by atoms with Gasteiger partial charge in [-0.3, -0.25) is 4.99 Å². The lowest BCUT2D eigenvalue weighted by molar-refractivity contribution is 0.177. The predicted molar refractivity (Wildman–Crippen MR) is 119 cm³/mol. The fraction of sp³-hybridized carbons (Fsp3) is 0.591. The Morgan fingerprint density at radius 2 is 2.13 bits per heavy atom. The summed E-state index contributed by atoms with van der Waals surface area (Å²) in [6.45, 7) is 4.96. The van der Waals surface area contributed by atoms with Gasteiger partial charge in [-0.2, -0.15) is 5.10 Å². The molecule has 4 rings (SSSR count). The third-order valence-corrected chi connectivity index (χ3v) is 6.42. The zero-order valence-corrected chi connectivity index (χ0v) is 18.6. The van der Waals surface area contributed by atoms with Crippen LogP contribution < -0.4 is 10.6 Å². The zero-order chi connectivity index (χ0) is 21.0. The maximum Gasteiger partial charge on any atom is 0.191 e. The number of aromatic nitrogens is 3. The largest absolute Gasteiger partial charge is 0.377 e. The molecule has 1 aromatic heterocycles. The van der Waals surface area contributed by atoms with Crippen LogP contribution in [0.25, 0.3) is 0 Å². The molecule has 2 N–H and O–H groups in total. The number of fused-ring (bicyclic) bond motifs is 1. The molecule has 0 bridgehead atoms. The Balaban J connectivity index is 1.43. The van der Waals surface area contributed by atoms with Gasteiger partial charge in [0, 0.05) is 36.6 Å². The van der Waals surface area contributed by atoms with Crippen molar-refractivity contribution in [3.63, 3.8) is 0 Å². The fourth-order valence-electron chi connectivity index (χ4n) is 4.36. The van der Waals surface area contributed by atoms with Crippen molar-refractivity contribution in [2.24, 2.45) is 4.99 Å². The van der Waals surface area contributed by atoms with Crippen molar-refractivity contribution in [2.45, 2.75) is 63.6 Å². The minimum atomic E-state index is 0.133. The van der Waals surface area contributed by atoms with Crippen molar-refractivity contribution in [1.82, 2.24) is 25.4 Å². The van der Waals surface area contributed by atoms with E-state index in [1.54, 1.807) is 7.11 Å². The molecule has 0 radical (unpaired) electrons. The Morgan fingerprint density at radius 1 is 1.33 bits per heavy atom. The molecule has 1 aromatic carbocycles. The SMILES string of the molecule is CCNC(=NCC1(c2ccc(Cl)cc2)CCC1)NC1CCc2nc(COC)nn2C1. The molecule has 2 aromatic rings. The summed E-state index contributed by atoms with van der Waals surface area (Å²) in [4.78, 5) is 9.55. The number of aryl methyl sites for hydroxylation is 1. The highest BCUT2D eigenvalue weighted by Crippen LogP contribution is 2.44. The molecule has 2 aliphatic rings. The van der Waals surface area contributed by atoms with Gasteiger partial charge in [-0.1, -0.05) is 30.2 Å². The van der Waals surface area contributed by atoms with Gasteiger partial charge in [0.15, 0.2) is 11.8 Å². The number of halogens is 1. The van der Waals surface area contributed by atoms with Gasteiger partial charge in [-0.15, -0.1) is 0 Å². The predicted octanol–water partition coefficient (Wildman–Crippen LogP) is 3.07. The Kier molecular flexibility index (Phi) is 6.58. The second-order valence-electron chi connectivity index (χ2n) is 8.28. The van der Waals surface area contributed by atoms with Gasteiger partial charge < -0.3 is 15.4 Å². The molecule has 8 heteroatoms. The number of methoxy groups -OCH3 is 1. The highest BCUT2D eigenvalue weighted by Gasteiger charge is 2.38.